The van der Waals surface area contributed by atoms with Crippen LogP contribution in [0.2, 0.25) is 4.47 Å². The van der Waals surface area contributed by atoms with E-state index in [0.717, 1.165) is 4.88 Å². The van der Waals surface area contributed by atoms with Crippen molar-refractivity contribution < 1.29 is 9.90 Å². The van der Waals surface area contributed by atoms with Crippen LogP contribution in [0.3, 0.4) is 0 Å². The van der Waals surface area contributed by atoms with Crippen LogP contribution < -0.4 is 0 Å². The molecule has 88 valence electrons. The average Bonchev–Trinajstić information content (AvgIpc) is 2.58. The van der Waals surface area contributed by atoms with E-state index in [1.54, 1.807) is 6.20 Å². The first-order chi connectivity index (χ1) is 7.49. The second kappa shape index (κ2) is 5.96. The lowest BCUT2D eigenvalue weighted by Crippen LogP contribution is -2.20. The molecule has 1 heterocycles. The van der Waals surface area contributed by atoms with Crippen LogP contribution in [0.25, 0.3) is 0 Å². The number of carboxylic acid groups (broad SMARTS) is 1. The number of aliphatic carboxylic acids is 1. The molecule has 0 bridgehead atoms. The van der Waals surface area contributed by atoms with Crippen molar-refractivity contribution in [2.24, 2.45) is 10.9 Å². The summed E-state index contributed by atoms with van der Waals surface area (Å²) in [5, 5.41) is 8.95. The summed E-state index contributed by atoms with van der Waals surface area (Å²) >= 11 is 6.92. The van der Waals surface area contributed by atoms with Crippen LogP contribution in [0.5, 0.6) is 0 Å². The van der Waals surface area contributed by atoms with Gasteiger partial charge in [-0.1, -0.05) is 25.4 Å². The third kappa shape index (κ3) is 4.28. The molecule has 0 saturated heterocycles. The molecular formula is C10H13ClN2O2S. The SMILES string of the molecule is CC(C)CC(N=Cc1cnc(Cl)s1)C(=O)O. The van der Waals surface area contributed by atoms with Gasteiger partial charge >= 0.3 is 5.97 Å². The van der Waals surface area contributed by atoms with Crippen LogP contribution in [-0.4, -0.2) is 28.3 Å². The maximum Gasteiger partial charge on any atom is 0.328 e. The van der Waals surface area contributed by atoms with Crippen molar-refractivity contribution in [2.45, 2.75) is 26.3 Å². The van der Waals surface area contributed by atoms with Crippen LogP contribution in [0.15, 0.2) is 11.2 Å². The molecule has 0 aromatic carbocycles. The minimum atomic E-state index is -0.902. The molecule has 1 unspecified atom stereocenters. The Hall–Kier alpha value is -0.940. The highest BCUT2D eigenvalue weighted by molar-refractivity contribution is 7.17. The zero-order valence-electron chi connectivity index (χ0n) is 9.05. The Morgan fingerprint density at radius 1 is 1.75 bits per heavy atom. The van der Waals surface area contributed by atoms with Crippen LogP contribution in [0.1, 0.15) is 25.1 Å². The quantitative estimate of drug-likeness (QED) is 0.828. The van der Waals surface area contributed by atoms with E-state index < -0.39 is 12.0 Å². The molecule has 1 N–H and O–H groups in total. The van der Waals surface area contributed by atoms with Gasteiger partial charge in [0.25, 0.3) is 0 Å². The summed E-state index contributed by atoms with van der Waals surface area (Å²) in [7, 11) is 0. The highest BCUT2D eigenvalue weighted by atomic mass is 35.5. The molecule has 0 aliphatic carbocycles. The Morgan fingerprint density at radius 3 is 2.88 bits per heavy atom. The van der Waals surface area contributed by atoms with E-state index in [9.17, 15) is 4.79 Å². The molecule has 0 saturated carbocycles. The summed E-state index contributed by atoms with van der Waals surface area (Å²) in [4.78, 5) is 19.6. The van der Waals surface area contributed by atoms with Gasteiger partial charge in [0, 0.05) is 12.4 Å². The number of rotatable bonds is 5. The smallest absolute Gasteiger partial charge is 0.328 e. The molecule has 0 spiro atoms. The van der Waals surface area contributed by atoms with Crippen molar-refractivity contribution in [1.29, 1.82) is 0 Å². The van der Waals surface area contributed by atoms with E-state index in [1.165, 1.54) is 17.6 Å². The van der Waals surface area contributed by atoms with Crippen molar-refractivity contribution in [1.82, 2.24) is 4.98 Å². The van der Waals surface area contributed by atoms with Crippen LogP contribution in [-0.2, 0) is 4.79 Å². The van der Waals surface area contributed by atoms with Crippen molar-refractivity contribution in [3.63, 3.8) is 0 Å². The Labute approximate surface area is 103 Å². The Balaban J connectivity index is 2.67. The van der Waals surface area contributed by atoms with Crippen LogP contribution in [0.4, 0.5) is 0 Å². The number of halogens is 1. The van der Waals surface area contributed by atoms with E-state index >= 15 is 0 Å². The van der Waals surface area contributed by atoms with Gasteiger partial charge in [-0.2, -0.15) is 0 Å². The van der Waals surface area contributed by atoms with Gasteiger partial charge in [0.1, 0.15) is 6.04 Å². The highest BCUT2D eigenvalue weighted by Crippen LogP contribution is 2.16. The second-order valence-corrected chi connectivity index (χ2v) is 5.42. The van der Waals surface area contributed by atoms with Gasteiger partial charge in [-0.3, -0.25) is 4.99 Å². The van der Waals surface area contributed by atoms with Gasteiger partial charge in [0.15, 0.2) is 4.47 Å². The maximum atomic E-state index is 10.9. The van der Waals surface area contributed by atoms with Gasteiger partial charge < -0.3 is 5.11 Å². The van der Waals surface area contributed by atoms with E-state index in [0.29, 0.717) is 16.8 Å². The fraction of sp³-hybridized carbons (Fsp3) is 0.500. The largest absolute Gasteiger partial charge is 0.480 e. The van der Waals surface area contributed by atoms with Gasteiger partial charge in [0.05, 0.1) is 4.88 Å². The Bertz CT molecular complexity index is 390. The summed E-state index contributed by atoms with van der Waals surface area (Å²) in [6, 6.07) is -0.694. The third-order valence-electron chi connectivity index (χ3n) is 1.86. The first-order valence-corrected chi connectivity index (χ1v) is 6.05. The number of carboxylic acids is 1. The summed E-state index contributed by atoms with van der Waals surface area (Å²) in [5.41, 5.74) is 0. The topological polar surface area (TPSA) is 62.5 Å². The lowest BCUT2D eigenvalue weighted by molar-refractivity contribution is -0.138. The van der Waals surface area contributed by atoms with E-state index in [2.05, 4.69) is 9.98 Å². The molecule has 6 heteroatoms. The highest BCUT2D eigenvalue weighted by Gasteiger charge is 2.16. The molecular weight excluding hydrogens is 248 g/mol. The predicted molar refractivity (Wildman–Crippen MR) is 65.6 cm³/mol. The minimum Gasteiger partial charge on any atom is -0.480 e. The summed E-state index contributed by atoms with van der Waals surface area (Å²) in [5.74, 6) is -0.608. The molecule has 4 nitrogen and oxygen atoms in total. The number of aromatic nitrogens is 1. The summed E-state index contributed by atoms with van der Waals surface area (Å²) in [6.45, 7) is 3.93. The molecule has 16 heavy (non-hydrogen) atoms. The molecule has 0 aliphatic heterocycles. The third-order valence-corrected chi connectivity index (χ3v) is 2.91. The van der Waals surface area contributed by atoms with Crippen LogP contribution in [0, 0.1) is 5.92 Å². The lowest BCUT2D eigenvalue weighted by Gasteiger charge is -2.09. The number of carbonyl (C=O) groups is 1. The second-order valence-electron chi connectivity index (χ2n) is 3.78. The normalized spacial score (nSPS) is 13.5. The standard InChI is InChI=1S/C10H13ClN2O2S/c1-6(2)3-8(9(14)15)12-4-7-5-13-10(11)16-7/h4-6,8H,3H2,1-2H3,(H,14,15). The lowest BCUT2D eigenvalue weighted by atomic mass is 10.0. The minimum absolute atomic E-state index is 0.295. The summed E-state index contributed by atoms with van der Waals surface area (Å²) in [6.07, 6.45) is 3.62. The van der Waals surface area contributed by atoms with Crippen LogP contribution >= 0.6 is 22.9 Å². The molecule has 0 fully saturated rings. The van der Waals surface area contributed by atoms with Gasteiger partial charge in [0.2, 0.25) is 0 Å². The predicted octanol–water partition coefficient (Wildman–Crippen LogP) is 2.71. The van der Waals surface area contributed by atoms with Crippen molar-refractivity contribution in [3.05, 3.63) is 15.5 Å². The Morgan fingerprint density at radius 2 is 2.44 bits per heavy atom. The molecule has 1 aromatic rings. The fourth-order valence-corrected chi connectivity index (χ4v) is 1.99. The molecule has 0 amide bonds. The molecule has 1 aromatic heterocycles. The maximum absolute atomic E-state index is 10.9. The van der Waals surface area contributed by atoms with Gasteiger partial charge in [-0.15, -0.1) is 11.3 Å². The Kier molecular flexibility index (Phi) is 4.89. The first-order valence-electron chi connectivity index (χ1n) is 4.86. The van der Waals surface area contributed by atoms with Crippen molar-refractivity contribution >= 4 is 35.1 Å². The van der Waals surface area contributed by atoms with E-state index in [1.807, 2.05) is 13.8 Å². The number of nitrogens with zero attached hydrogens (tertiary/aromatic N) is 2. The average molecular weight is 261 g/mol. The number of hydrogen-bond donors (Lipinski definition) is 1. The molecule has 1 atom stereocenters. The molecule has 0 radical (unpaired) electrons. The number of aliphatic imine (C=N–C) groups is 1. The monoisotopic (exact) mass is 260 g/mol. The zero-order valence-corrected chi connectivity index (χ0v) is 10.6. The van der Waals surface area contributed by atoms with Gasteiger partial charge in [-0.25, -0.2) is 9.78 Å². The first kappa shape index (κ1) is 13.1. The van der Waals surface area contributed by atoms with Crippen molar-refractivity contribution in [2.75, 3.05) is 0 Å². The number of thiazole rings is 1. The number of hydrogen-bond acceptors (Lipinski definition) is 4. The zero-order chi connectivity index (χ0) is 12.1. The molecule has 0 aliphatic rings. The van der Waals surface area contributed by atoms with E-state index in [-0.39, 0.29) is 0 Å². The van der Waals surface area contributed by atoms with E-state index in [4.69, 9.17) is 16.7 Å². The summed E-state index contributed by atoms with van der Waals surface area (Å²) < 4.78 is 0.428. The molecule has 1 rings (SSSR count). The van der Waals surface area contributed by atoms with Gasteiger partial charge in [-0.05, 0) is 12.3 Å². The fourth-order valence-electron chi connectivity index (χ4n) is 1.16. The van der Waals surface area contributed by atoms with Crippen molar-refractivity contribution in [3.8, 4) is 0 Å².